The van der Waals surface area contributed by atoms with Crippen molar-refractivity contribution < 1.29 is 9.90 Å². The van der Waals surface area contributed by atoms with Crippen LogP contribution in [0.2, 0.25) is 0 Å². The van der Waals surface area contributed by atoms with E-state index in [1.54, 1.807) is 18.5 Å². The summed E-state index contributed by atoms with van der Waals surface area (Å²) in [6, 6.07) is 0. The fourth-order valence-corrected chi connectivity index (χ4v) is 0.797. The molecule has 11 heavy (non-hydrogen) atoms. The van der Waals surface area contributed by atoms with Gasteiger partial charge in [-0.2, -0.15) is 0 Å². The van der Waals surface area contributed by atoms with E-state index in [1.807, 2.05) is 6.08 Å². The maximum absolute atomic E-state index is 10.2. The van der Waals surface area contributed by atoms with Crippen molar-refractivity contribution in [3.63, 3.8) is 0 Å². The third kappa shape index (κ3) is 2.80. The van der Waals surface area contributed by atoms with Crippen molar-refractivity contribution in [1.82, 2.24) is 4.99 Å². The fourth-order valence-electron chi connectivity index (χ4n) is 0.797. The fraction of sp³-hybridized carbons (Fsp3) is 0.250. The first-order chi connectivity index (χ1) is 5.29. The lowest BCUT2D eigenvalue weighted by molar-refractivity contribution is -0.136. The minimum atomic E-state index is -0.770. The summed E-state index contributed by atoms with van der Waals surface area (Å²) in [7, 11) is 0. The molecule has 1 aliphatic rings. The number of rotatable bonds is 3. The average Bonchev–Trinajstić information content (AvgIpc) is 2.03. The molecule has 0 aromatic heterocycles. The summed E-state index contributed by atoms with van der Waals surface area (Å²) in [6.45, 7) is 0. The Labute approximate surface area is 64.8 Å². The maximum atomic E-state index is 10.2. The smallest absolute Gasteiger partial charge is 0.303 e. The van der Waals surface area contributed by atoms with Gasteiger partial charge in [0.25, 0.3) is 0 Å². The van der Waals surface area contributed by atoms with Gasteiger partial charge in [-0.25, -0.2) is 0 Å². The number of aliphatic imine (C=N–C) groups is 1. The van der Waals surface area contributed by atoms with Crippen LogP contribution in [-0.4, -0.2) is 17.3 Å². The summed E-state index contributed by atoms with van der Waals surface area (Å²) in [5.74, 6) is -0.770. The summed E-state index contributed by atoms with van der Waals surface area (Å²) in [5.41, 5.74) is 0.968. The summed E-state index contributed by atoms with van der Waals surface area (Å²) in [4.78, 5) is 14.0. The topological polar surface area (TPSA) is 51.4 Å². The molecule has 1 heterocycles. The number of allylic oxidation sites excluding steroid dienone is 3. The van der Waals surface area contributed by atoms with E-state index >= 15 is 0 Å². The van der Waals surface area contributed by atoms with Crippen LogP contribution in [0, 0.1) is 0 Å². The van der Waals surface area contributed by atoms with E-state index in [1.165, 1.54) is 0 Å². The van der Waals surface area contributed by atoms with Gasteiger partial charge in [-0.15, -0.1) is 0 Å². The van der Waals surface area contributed by atoms with Crippen molar-refractivity contribution in [1.29, 1.82) is 0 Å². The van der Waals surface area contributed by atoms with Gasteiger partial charge in [0.1, 0.15) is 0 Å². The average molecular weight is 151 g/mol. The first-order valence-electron chi connectivity index (χ1n) is 3.40. The molecule has 57 valence electrons. The molecule has 1 aliphatic heterocycles. The Morgan fingerprint density at radius 2 is 2.45 bits per heavy atom. The van der Waals surface area contributed by atoms with Crippen LogP contribution in [0.4, 0.5) is 0 Å². The van der Waals surface area contributed by atoms with E-state index in [2.05, 4.69) is 4.99 Å². The molecule has 0 saturated carbocycles. The van der Waals surface area contributed by atoms with Crippen molar-refractivity contribution in [2.45, 2.75) is 12.8 Å². The lowest BCUT2D eigenvalue weighted by Crippen LogP contribution is -1.99. The highest BCUT2D eigenvalue weighted by Gasteiger charge is 2.04. The molecule has 3 nitrogen and oxygen atoms in total. The van der Waals surface area contributed by atoms with Crippen molar-refractivity contribution in [2.24, 2.45) is 0 Å². The van der Waals surface area contributed by atoms with Crippen LogP contribution in [0.3, 0.4) is 0 Å². The van der Waals surface area contributed by atoms with Crippen LogP contribution in [0.25, 0.3) is 0 Å². The molecular formula is C8H9NO2+. The first kappa shape index (κ1) is 7.72. The molecular weight excluding hydrogens is 142 g/mol. The third-order valence-electron chi connectivity index (χ3n) is 1.35. The predicted molar refractivity (Wildman–Crippen MR) is 42.3 cm³/mol. The van der Waals surface area contributed by atoms with Gasteiger partial charge in [-0.3, -0.25) is 4.79 Å². The van der Waals surface area contributed by atoms with Crippen molar-refractivity contribution >= 4 is 12.2 Å². The van der Waals surface area contributed by atoms with Crippen LogP contribution in [0.1, 0.15) is 12.8 Å². The normalized spacial score (nSPS) is 14.7. The molecule has 0 saturated heterocycles. The van der Waals surface area contributed by atoms with E-state index in [0.717, 1.165) is 5.57 Å². The summed E-state index contributed by atoms with van der Waals surface area (Å²) in [6.07, 6.45) is 7.76. The van der Waals surface area contributed by atoms with E-state index in [9.17, 15) is 4.79 Å². The Bertz CT molecular complexity index is 238. The van der Waals surface area contributed by atoms with Gasteiger partial charge < -0.3 is 5.11 Å². The Kier molecular flexibility index (Phi) is 2.60. The summed E-state index contributed by atoms with van der Waals surface area (Å²) >= 11 is 0. The second-order valence-corrected chi connectivity index (χ2v) is 2.26. The highest BCUT2D eigenvalue weighted by molar-refractivity contribution is 5.80. The monoisotopic (exact) mass is 151 g/mol. The standard InChI is InChI=1S/C8H9NO2/c10-8(11)4-3-7-2-1-5-9-6-7/h1-2,5-6H,3-4H2,(H,10,11)/q+1. The molecule has 0 aliphatic carbocycles. The van der Waals surface area contributed by atoms with Gasteiger partial charge in [0.05, 0.1) is 4.99 Å². The van der Waals surface area contributed by atoms with Gasteiger partial charge in [0.2, 0.25) is 12.4 Å². The zero-order chi connectivity index (χ0) is 8.10. The zero-order valence-electron chi connectivity index (χ0n) is 6.03. The van der Waals surface area contributed by atoms with Crippen LogP contribution in [0.5, 0.6) is 0 Å². The number of nitrogens with zero attached hydrogens (tertiary/aromatic N) is 1. The quantitative estimate of drug-likeness (QED) is 0.645. The second kappa shape index (κ2) is 3.71. The molecule has 0 aromatic rings. The van der Waals surface area contributed by atoms with Crippen LogP contribution >= 0.6 is 0 Å². The first-order valence-corrected chi connectivity index (χ1v) is 3.40. The highest BCUT2D eigenvalue weighted by Crippen LogP contribution is 2.03. The highest BCUT2D eigenvalue weighted by atomic mass is 16.4. The van der Waals surface area contributed by atoms with Gasteiger partial charge in [-0.05, 0) is 12.5 Å². The molecule has 0 amide bonds. The molecule has 1 N–H and O–H groups in total. The molecule has 0 bridgehead atoms. The molecule has 0 unspecified atom stereocenters. The second-order valence-electron chi connectivity index (χ2n) is 2.26. The van der Waals surface area contributed by atoms with Crippen molar-refractivity contribution in [3.8, 4) is 0 Å². The van der Waals surface area contributed by atoms with Crippen LogP contribution in [0.15, 0.2) is 23.9 Å². The lowest BCUT2D eigenvalue weighted by atomic mass is 10.1. The Morgan fingerprint density at radius 1 is 1.64 bits per heavy atom. The van der Waals surface area contributed by atoms with Gasteiger partial charge >= 0.3 is 5.97 Å². The molecule has 0 spiro atoms. The Balaban J connectivity index is 2.38. The van der Waals surface area contributed by atoms with E-state index in [4.69, 9.17) is 5.11 Å². The van der Waals surface area contributed by atoms with E-state index in [-0.39, 0.29) is 6.42 Å². The molecule has 0 atom stereocenters. The van der Waals surface area contributed by atoms with Crippen molar-refractivity contribution in [3.05, 3.63) is 23.9 Å². The lowest BCUT2D eigenvalue weighted by Gasteiger charge is -1.92. The van der Waals surface area contributed by atoms with Crippen LogP contribution < -0.4 is 4.99 Å². The van der Waals surface area contributed by atoms with Gasteiger partial charge in [-0.1, -0.05) is 0 Å². The number of carboxylic acids is 1. The SMILES string of the molecule is O=C(O)CCC1=CC=C[N+]=C1. The third-order valence-corrected chi connectivity index (χ3v) is 1.35. The predicted octanol–water partition coefficient (Wildman–Crippen LogP) is 0.712. The Hall–Kier alpha value is -1.38. The molecule has 0 fully saturated rings. The number of carbonyl (C=O) groups is 1. The van der Waals surface area contributed by atoms with Gasteiger partial charge in [0.15, 0.2) is 0 Å². The molecule has 1 radical (unpaired) electrons. The van der Waals surface area contributed by atoms with Crippen LogP contribution in [-0.2, 0) is 4.79 Å². The van der Waals surface area contributed by atoms with Gasteiger partial charge in [0, 0.05) is 18.1 Å². The largest absolute Gasteiger partial charge is 0.481 e. The molecule has 0 aromatic carbocycles. The maximum Gasteiger partial charge on any atom is 0.303 e. The number of hydrogen-bond acceptors (Lipinski definition) is 2. The number of carboxylic acid groups (broad SMARTS) is 1. The number of aliphatic carboxylic acids is 1. The Morgan fingerprint density at radius 3 is 3.00 bits per heavy atom. The van der Waals surface area contributed by atoms with E-state index in [0.29, 0.717) is 6.42 Å². The number of hydrogen-bond donors (Lipinski definition) is 1. The summed E-state index contributed by atoms with van der Waals surface area (Å²) in [5, 5.41) is 8.35. The summed E-state index contributed by atoms with van der Waals surface area (Å²) < 4.78 is 0. The zero-order valence-corrected chi connectivity index (χ0v) is 6.03. The minimum Gasteiger partial charge on any atom is -0.481 e. The van der Waals surface area contributed by atoms with E-state index < -0.39 is 5.97 Å². The minimum absolute atomic E-state index is 0.172. The molecule has 3 heteroatoms. The van der Waals surface area contributed by atoms with Crippen molar-refractivity contribution in [2.75, 3.05) is 0 Å². The molecule has 1 rings (SSSR count).